The fourth-order valence-electron chi connectivity index (χ4n) is 6.72. The summed E-state index contributed by atoms with van der Waals surface area (Å²) in [6, 6.07) is 46.0. The maximum Gasteiger partial charge on any atom is 0.143 e. The van der Waals surface area contributed by atoms with Crippen LogP contribution in [0.15, 0.2) is 134 Å². The summed E-state index contributed by atoms with van der Waals surface area (Å²) in [5.74, 6) is 0. The van der Waals surface area contributed by atoms with Gasteiger partial charge in [0.05, 0.1) is 11.9 Å². The average Bonchev–Trinajstić information content (AvgIpc) is 3.79. The lowest BCUT2D eigenvalue weighted by molar-refractivity contribution is 1.32. The Morgan fingerprint density at radius 2 is 1.02 bits per heavy atom. The number of nitrogens with zero attached hydrogens (tertiary/aromatic N) is 2. The van der Waals surface area contributed by atoms with Crippen LogP contribution in [0.2, 0.25) is 0 Å². The van der Waals surface area contributed by atoms with Crippen LogP contribution in [0.3, 0.4) is 0 Å². The van der Waals surface area contributed by atoms with Crippen molar-refractivity contribution < 1.29 is 0 Å². The Bertz CT molecular complexity index is 2780. The van der Waals surface area contributed by atoms with Gasteiger partial charge in [-0.1, -0.05) is 103 Å². The highest BCUT2D eigenvalue weighted by Crippen LogP contribution is 2.45. The highest BCUT2D eigenvalue weighted by atomic mass is 32.1. The maximum atomic E-state index is 5.21. The molecule has 0 unspecified atom stereocenters. The molecule has 0 aliphatic rings. The van der Waals surface area contributed by atoms with Crippen molar-refractivity contribution in [3.8, 4) is 33.5 Å². The molecule has 0 aliphatic carbocycles. The van der Waals surface area contributed by atoms with E-state index in [2.05, 4.69) is 127 Å². The van der Waals surface area contributed by atoms with Crippen molar-refractivity contribution in [2.45, 2.75) is 0 Å². The monoisotopic (exact) mass is 626 g/mol. The minimum atomic E-state index is 0.896. The summed E-state index contributed by atoms with van der Waals surface area (Å²) in [6.45, 7) is 0. The summed E-state index contributed by atoms with van der Waals surface area (Å²) in [4.78, 5) is 11.3. The number of thiophene rings is 3. The molecule has 0 N–H and O–H groups in total. The van der Waals surface area contributed by atoms with Crippen molar-refractivity contribution in [1.29, 1.82) is 0 Å². The zero-order chi connectivity index (χ0) is 29.5. The van der Waals surface area contributed by atoms with Crippen LogP contribution in [-0.4, -0.2) is 9.97 Å². The van der Waals surface area contributed by atoms with Gasteiger partial charge in [0.1, 0.15) is 10.3 Å². The predicted molar refractivity (Wildman–Crippen MR) is 197 cm³/mol. The largest absolute Gasteiger partial charge is 0.251 e. The molecule has 0 bridgehead atoms. The van der Waals surface area contributed by atoms with Crippen LogP contribution >= 0.6 is 34.0 Å². The molecule has 45 heavy (non-hydrogen) atoms. The Morgan fingerprint density at radius 3 is 1.80 bits per heavy atom. The summed E-state index contributed by atoms with van der Waals surface area (Å²) in [5, 5.41) is 6.44. The lowest BCUT2D eigenvalue weighted by Crippen LogP contribution is -1.88. The SMILES string of the molecule is c1cc(-c2cnc3c(n2)sc2cccc(-c4cccc5c4sc4ccccc45)c23)cc(-c2cccc3c2sc2ccccc23)c1. The number of hydrogen-bond donors (Lipinski definition) is 0. The van der Waals surface area contributed by atoms with E-state index in [9.17, 15) is 0 Å². The Morgan fingerprint density at radius 1 is 0.444 bits per heavy atom. The molecule has 0 amide bonds. The molecule has 5 heteroatoms. The smallest absolute Gasteiger partial charge is 0.143 e. The number of aromatic nitrogens is 2. The normalized spacial score (nSPS) is 12.0. The van der Waals surface area contributed by atoms with E-state index in [1.807, 2.05) is 28.9 Å². The summed E-state index contributed by atoms with van der Waals surface area (Å²) >= 11 is 5.46. The summed E-state index contributed by atoms with van der Waals surface area (Å²) in [5.41, 5.74) is 7.87. The minimum absolute atomic E-state index is 0.896. The third-order valence-corrected chi connectivity index (χ3v) is 12.3. The van der Waals surface area contributed by atoms with Crippen molar-refractivity contribution >= 4 is 94.8 Å². The molecule has 0 aliphatic heterocycles. The first kappa shape index (κ1) is 25.4. The highest BCUT2D eigenvalue weighted by molar-refractivity contribution is 7.27. The highest BCUT2D eigenvalue weighted by Gasteiger charge is 2.18. The second-order valence-electron chi connectivity index (χ2n) is 11.3. The third-order valence-electron chi connectivity index (χ3n) is 8.78. The molecule has 0 saturated heterocycles. The van der Waals surface area contributed by atoms with Crippen molar-refractivity contribution in [2.75, 3.05) is 0 Å². The summed E-state index contributed by atoms with van der Waals surface area (Å²) in [7, 11) is 0. The van der Waals surface area contributed by atoms with Crippen LogP contribution in [0.5, 0.6) is 0 Å². The van der Waals surface area contributed by atoms with Gasteiger partial charge in [-0.2, -0.15) is 0 Å². The lowest BCUT2D eigenvalue weighted by Gasteiger charge is -2.08. The van der Waals surface area contributed by atoms with Gasteiger partial charge in [0.2, 0.25) is 0 Å². The van der Waals surface area contributed by atoms with Gasteiger partial charge in [-0.15, -0.1) is 34.0 Å². The molecular weight excluding hydrogens is 605 g/mol. The fourth-order valence-corrected chi connectivity index (χ4v) is 10.3. The first-order chi connectivity index (χ1) is 22.3. The first-order valence-electron chi connectivity index (χ1n) is 14.9. The summed E-state index contributed by atoms with van der Waals surface area (Å²) in [6.07, 6.45) is 1.95. The van der Waals surface area contributed by atoms with E-state index in [0.29, 0.717) is 0 Å². The second-order valence-corrected chi connectivity index (χ2v) is 14.5. The Balaban J connectivity index is 1.12. The van der Waals surface area contributed by atoms with E-state index in [0.717, 1.165) is 21.6 Å². The molecule has 0 saturated carbocycles. The van der Waals surface area contributed by atoms with Gasteiger partial charge < -0.3 is 0 Å². The van der Waals surface area contributed by atoms with E-state index in [4.69, 9.17) is 9.97 Å². The van der Waals surface area contributed by atoms with Crippen LogP contribution in [0, 0.1) is 0 Å². The second kappa shape index (κ2) is 9.78. The van der Waals surface area contributed by atoms with Gasteiger partial charge in [0.15, 0.2) is 0 Å². The molecule has 10 aromatic rings. The molecule has 0 atom stereocenters. The lowest BCUT2D eigenvalue weighted by atomic mass is 9.99. The molecule has 0 spiro atoms. The van der Waals surface area contributed by atoms with Gasteiger partial charge in [0.25, 0.3) is 0 Å². The van der Waals surface area contributed by atoms with Gasteiger partial charge in [0, 0.05) is 61.6 Å². The topological polar surface area (TPSA) is 25.8 Å². The molecule has 4 heterocycles. The van der Waals surface area contributed by atoms with Gasteiger partial charge in [-0.05, 0) is 41.0 Å². The van der Waals surface area contributed by atoms with Gasteiger partial charge in [-0.25, -0.2) is 4.98 Å². The summed E-state index contributed by atoms with van der Waals surface area (Å²) < 4.78 is 6.49. The quantitative estimate of drug-likeness (QED) is 0.195. The van der Waals surface area contributed by atoms with E-state index in [-0.39, 0.29) is 0 Å². The molecule has 4 aromatic heterocycles. The zero-order valence-electron chi connectivity index (χ0n) is 23.8. The molecule has 0 radical (unpaired) electrons. The van der Waals surface area contributed by atoms with Crippen LogP contribution in [0.1, 0.15) is 0 Å². The molecule has 0 fully saturated rings. The third kappa shape index (κ3) is 3.85. The van der Waals surface area contributed by atoms with Crippen LogP contribution in [0.25, 0.3) is 94.3 Å². The zero-order valence-corrected chi connectivity index (χ0v) is 26.3. The van der Waals surface area contributed by atoms with Crippen molar-refractivity contribution in [3.63, 3.8) is 0 Å². The van der Waals surface area contributed by atoms with Gasteiger partial charge >= 0.3 is 0 Å². The van der Waals surface area contributed by atoms with Crippen molar-refractivity contribution in [1.82, 2.24) is 9.97 Å². The predicted octanol–water partition coefficient (Wildman–Crippen LogP) is 12.6. The minimum Gasteiger partial charge on any atom is -0.251 e. The van der Waals surface area contributed by atoms with Crippen LogP contribution < -0.4 is 0 Å². The molecule has 10 rings (SSSR count). The molecule has 2 nitrogen and oxygen atoms in total. The van der Waals surface area contributed by atoms with E-state index in [1.54, 1.807) is 11.3 Å². The molecule has 210 valence electrons. The van der Waals surface area contributed by atoms with Crippen LogP contribution in [-0.2, 0) is 0 Å². The Kier molecular flexibility index (Phi) is 5.52. The number of hydrogen-bond acceptors (Lipinski definition) is 5. The van der Waals surface area contributed by atoms with Crippen molar-refractivity contribution in [3.05, 3.63) is 134 Å². The van der Waals surface area contributed by atoms with E-state index in [1.165, 1.54) is 72.7 Å². The fraction of sp³-hybridized carbons (Fsp3) is 0. The molecule has 6 aromatic carbocycles. The standard InChI is InChI=1S/C40H22N2S3/c1-3-18-33-26(11-1)29-15-6-13-25(38(29)43-33)23-9-5-10-24(21-23)32-22-41-37-36-28(14-8-20-35(36)45-40(37)42-32)31-17-7-16-30-27-12-2-4-19-34(27)44-39(30)31/h1-22H. The number of benzene rings is 6. The molecular formula is C40H22N2S3. The Hall–Kier alpha value is -4.94. The number of rotatable bonds is 3. The van der Waals surface area contributed by atoms with E-state index < -0.39 is 0 Å². The number of fused-ring (bicyclic) bond motifs is 9. The van der Waals surface area contributed by atoms with E-state index >= 15 is 0 Å². The maximum absolute atomic E-state index is 5.21. The first-order valence-corrected chi connectivity index (χ1v) is 17.4. The Labute approximate surface area is 270 Å². The van der Waals surface area contributed by atoms with Crippen LogP contribution in [0.4, 0.5) is 0 Å². The average molecular weight is 627 g/mol. The van der Waals surface area contributed by atoms with Crippen molar-refractivity contribution in [2.24, 2.45) is 0 Å². The van der Waals surface area contributed by atoms with Gasteiger partial charge in [-0.3, -0.25) is 4.98 Å².